The van der Waals surface area contributed by atoms with E-state index in [-0.39, 0.29) is 35.0 Å². The van der Waals surface area contributed by atoms with Crippen LogP contribution in [0.15, 0.2) is 0 Å². The Kier molecular flexibility index (Phi) is 21.3. The molecule has 40 valence electrons. The van der Waals surface area contributed by atoms with Gasteiger partial charge >= 0.3 is 35.7 Å². The predicted octanol–water partition coefficient (Wildman–Crippen LogP) is -1.32. The first kappa shape index (κ1) is 15.7. The molecule has 7 heavy (non-hydrogen) atoms. The molecule has 0 amide bonds. The van der Waals surface area contributed by atoms with Gasteiger partial charge < -0.3 is 10.6 Å². The summed E-state index contributed by atoms with van der Waals surface area (Å²) in [6, 6.07) is 0. The van der Waals surface area contributed by atoms with Crippen molar-refractivity contribution in [2.24, 2.45) is 0 Å². The van der Waals surface area contributed by atoms with Crippen LogP contribution in [0.2, 0.25) is 0 Å². The van der Waals surface area contributed by atoms with E-state index in [1.807, 2.05) is 0 Å². The van der Waals surface area contributed by atoms with Gasteiger partial charge in [0.15, 0.2) is 0 Å². The van der Waals surface area contributed by atoms with Gasteiger partial charge in [0.05, 0.1) is 0 Å². The molecule has 0 spiro atoms. The minimum absolute atomic E-state index is 0. The second-order valence-electron chi connectivity index (χ2n) is 0.357. The maximum absolute atomic E-state index is 8.90. The topological polar surface area (TPSA) is 98.3 Å². The van der Waals surface area contributed by atoms with E-state index in [0.29, 0.717) is 0 Å². The van der Waals surface area contributed by atoms with Crippen LogP contribution >= 0.6 is 0 Å². The zero-order chi connectivity index (χ0) is 4.28. The fourth-order valence-corrected chi connectivity index (χ4v) is 0. The van der Waals surface area contributed by atoms with E-state index in [1.54, 1.807) is 0 Å². The fourth-order valence-electron chi connectivity index (χ4n) is 0. The quantitative estimate of drug-likeness (QED) is 0.235. The Morgan fingerprint density at radius 2 is 1.71 bits per heavy atom. The van der Waals surface area contributed by atoms with Crippen LogP contribution in [0.25, 0.3) is 0 Å². The maximum atomic E-state index is 8.90. The summed E-state index contributed by atoms with van der Waals surface area (Å²) in [5.74, 6) is 0. The molecule has 0 saturated carbocycles. The molecule has 0 aliphatic carbocycles. The summed E-state index contributed by atoms with van der Waals surface area (Å²) < 4.78 is 0. The molecular formula is CH5NaO5. The Hall–Kier alpha value is 0.190. The van der Waals surface area contributed by atoms with Crippen LogP contribution in [-0.2, 0) is 4.89 Å². The third kappa shape index (κ3) is 22.7. The van der Waals surface area contributed by atoms with Crippen molar-refractivity contribution in [3.05, 3.63) is 0 Å². The van der Waals surface area contributed by atoms with Crippen LogP contribution in [-0.4, -0.2) is 51.6 Å². The van der Waals surface area contributed by atoms with E-state index >= 15 is 0 Å². The normalized spacial score (nSPS) is 4.71. The Morgan fingerprint density at radius 1 is 1.57 bits per heavy atom. The van der Waals surface area contributed by atoms with E-state index in [0.717, 1.165) is 0 Å². The van der Waals surface area contributed by atoms with Crippen molar-refractivity contribution >= 4 is 35.7 Å². The van der Waals surface area contributed by atoms with Gasteiger partial charge in [-0.05, 0) is 0 Å². The van der Waals surface area contributed by atoms with Gasteiger partial charge in [-0.2, -0.15) is 5.26 Å². The third-order valence-electron chi connectivity index (χ3n) is 0.0781. The van der Waals surface area contributed by atoms with E-state index < -0.39 is 6.16 Å². The van der Waals surface area contributed by atoms with Crippen LogP contribution in [0.1, 0.15) is 0 Å². The first-order valence-electron chi connectivity index (χ1n) is 0.814. The van der Waals surface area contributed by atoms with Crippen molar-refractivity contribution in [2.45, 2.75) is 0 Å². The van der Waals surface area contributed by atoms with Crippen LogP contribution in [0.5, 0.6) is 0 Å². The molecule has 4 N–H and O–H groups in total. The Balaban J connectivity index is -0.0000000800. The van der Waals surface area contributed by atoms with Gasteiger partial charge in [-0.3, -0.25) is 4.89 Å². The standard InChI is InChI=1S/CH2O4.Na.H2O.H/c2-1(3)5-4;;;/h4H,(H,2,3);;1H2;. The second kappa shape index (κ2) is 9.50. The molecule has 0 atom stereocenters. The molecule has 0 aliphatic rings. The summed E-state index contributed by atoms with van der Waals surface area (Å²) in [5.41, 5.74) is 0. The van der Waals surface area contributed by atoms with E-state index in [9.17, 15) is 0 Å². The van der Waals surface area contributed by atoms with Crippen LogP contribution in [0.4, 0.5) is 4.79 Å². The predicted molar refractivity (Wildman–Crippen MR) is 22.5 cm³/mol. The number of rotatable bonds is 0. The number of carboxylic acid groups (broad SMARTS) is 1. The SMILES string of the molecule is O.O=C(O)OO.[NaH]. The second-order valence-corrected chi connectivity index (χ2v) is 0.357. The number of hydrogen-bond donors (Lipinski definition) is 2. The molecule has 0 saturated heterocycles. The van der Waals surface area contributed by atoms with Crippen molar-refractivity contribution in [1.82, 2.24) is 0 Å². The Bertz CT molecular complexity index is 43.3. The summed E-state index contributed by atoms with van der Waals surface area (Å²) in [5, 5.41) is 14.3. The molecule has 0 aromatic heterocycles. The third-order valence-corrected chi connectivity index (χ3v) is 0.0781. The molecule has 0 unspecified atom stereocenters. The van der Waals surface area contributed by atoms with Crippen molar-refractivity contribution < 1.29 is 25.5 Å². The van der Waals surface area contributed by atoms with Crippen molar-refractivity contribution in [3.8, 4) is 0 Å². The average molecular weight is 120 g/mol. The van der Waals surface area contributed by atoms with Crippen LogP contribution in [0, 0.1) is 0 Å². The Morgan fingerprint density at radius 3 is 1.71 bits per heavy atom. The van der Waals surface area contributed by atoms with Crippen LogP contribution < -0.4 is 0 Å². The van der Waals surface area contributed by atoms with Crippen LogP contribution in [0.3, 0.4) is 0 Å². The molecule has 5 nitrogen and oxygen atoms in total. The summed E-state index contributed by atoms with van der Waals surface area (Å²) in [7, 11) is 0. The van der Waals surface area contributed by atoms with Gasteiger partial charge in [-0.1, -0.05) is 0 Å². The molecule has 6 heteroatoms. The Labute approximate surface area is 61.4 Å². The zero-order valence-electron chi connectivity index (χ0n) is 2.71. The first-order valence-corrected chi connectivity index (χ1v) is 0.814. The molecule has 0 fully saturated rings. The van der Waals surface area contributed by atoms with Gasteiger partial charge in [0.25, 0.3) is 0 Å². The van der Waals surface area contributed by atoms with E-state index in [4.69, 9.17) is 15.2 Å². The average Bonchev–Trinajstić information content (AvgIpc) is 1.38. The van der Waals surface area contributed by atoms with Gasteiger partial charge in [-0.15, -0.1) is 0 Å². The molecule has 0 bridgehead atoms. The monoisotopic (exact) mass is 120 g/mol. The van der Waals surface area contributed by atoms with Crippen molar-refractivity contribution in [3.63, 3.8) is 0 Å². The molecule has 0 aromatic rings. The number of hydrogen-bond acceptors (Lipinski definition) is 3. The van der Waals surface area contributed by atoms with E-state index in [1.165, 1.54) is 0 Å². The summed E-state index contributed by atoms with van der Waals surface area (Å²) in [6.07, 6.45) is -1.69. The van der Waals surface area contributed by atoms with Gasteiger partial charge in [0.2, 0.25) is 0 Å². The molecule has 0 rings (SSSR count). The molecule has 0 heterocycles. The number of carbonyl (C=O) groups is 1. The molecule has 0 aromatic carbocycles. The zero-order valence-corrected chi connectivity index (χ0v) is 2.71. The van der Waals surface area contributed by atoms with Crippen molar-refractivity contribution in [1.29, 1.82) is 0 Å². The molecule has 0 aliphatic heterocycles. The summed E-state index contributed by atoms with van der Waals surface area (Å²) in [6.45, 7) is 0. The first-order chi connectivity index (χ1) is 2.27. The summed E-state index contributed by atoms with van der Waals surface area (Å²) in [4.78, 5) is 11.6. The summed E-state index contributed by atoms with van der Waals surface area (Å²) >= 11 is 0. The van der Waals surface area contributed by atoms with Gasteiger partial charge in [0, 0.05) is 0 Å². The fraction of sp³-hybridized carbons (Fsp3) is 0. The van der Waals surface area contributed by atoms with Gasteiger partial charge in [-0.25, -0.2) is 4.79 Å². The molecule has 0 radical (unpaired) electrons. The van der Waals surface area contributed by atoms with Gasteiger partial charge in [0.1, 0.15) is 0 Å². The minimum atomic E-state index is -1.69. The van der Waals surface area contributed by atoms with Crippen molar-refractivity contribution in [2.75, 3.05) is 0 Å². The molecular weight excluding hydrogens is 115 g/mol. The van der Waals surface area contributed by atoms with E-state index in [2.05, 4.69) is 4.89 Å².